The molecule has 0 aliphatic carbocycles. The average molecular weight is 539 g/mol. The molecule has 11 heteroatoms. The summed E-state index contributed by atoms with van der Waals surface area (Å²) in [7, 11) is 0. The Labute approximate surface area is 222 Å². The molecule has 6 rings (SSSR count). The van der Waals surface area contributed by atoms with Crippen LogP contribution in [0.15, 0.2) is 52.2 Å². The predicted octanol–water partition coefficient (Wildman–Crippen LogP) is 2.99. The maximum atomic E-state index is 14.9. The number of aromatic nitrogens is 1. The fraction of sp³-hybridized carbons (Fsp3) is 0.370. The number of aliphatic hydroxyl groups excluding tert-OH is 1. The Morgan fingerprint density at radius 2 is 1.95 bits per heavy atom. The molecule has 1 fully saturated rings. The molecule has 2 N–H and O–H groups in total. The van der Waals surface area contributed by atoms with Crippen LogP contribution >= 0.6 is 11.8 Å². The van der Waals surface area contributed by atoms with Gasteiger partial charge in [-0.3, -0.25) is 19.4 Å². The van der Waals surface area contributed by atoms with Crippen molar-refractivity contribution in [2.45, 2.75) is 29.9 Å². The lowest BCUT2D eigenvalue weighted by molar-refractivity contribution is -0.113. The quantitative estimate of drug-likeness (QED) is 0.455. The number of anilines is 2. The number of cyclic esters (lactones) is 1. The highest BCUT2D eigenvalue weighted by Gasteiger charge is 2.35. The van der Waals surface area contributed by atoms with E-state index in [0.717, 1.165) is 10.3 Å². The number of nitrogens with zero attached hydrogens (tertiary/aromatic N) is 3. The Bertz CT molecular complexity index is 1490. The van der Waals surface area contributed by atoms with Crippen LogP contribution in [0.3, 0.4) is 0 Å². The first-order valence-corrected chi connectivity index (χ1v) is 13.6. The molecule has 4 heterocycles. The number of carbonyl (C=O) groups excluding carboxylic acids is 2. The smallest absolute Gasteiger partial charge is 0.414 e. The molecule has 3 aliphatic rings. The summed E-state index contributed by atoms with van der Waals surface area (Å²) in [5, 5.41) is 13.3. The molecule has 1 aromatic heterocycles. The van der Waals surface area contributed by atoms with E-state index in [2.05, 4.69) is 5.32 Å². The van der Waals surface area contributed by atoms with Gasteiger partial charge in [0, 0.05) is 47.8 Å². The fourth-order valence-electron chi connectivity index (χ4n) is 5.64. The Kier molecular flexibility index (Phi) is 6.58. The number of carbonyl (C=O) groups is 2. The number of hydrogen-bond donors (Lipinski definition) is 2. The Morgan fingerprint density at radius 3 is 2.79 bits per heavy atom. The van der Waals surface area contributed by atoms with Crippen molar-refractivity contribution in [2.75, 3.05) is 48.8 Å². The summed E-state index contributed by atoms with van der Waals surface area (Å²) in [6.07, 6.45) is -0.297. The highest BCUT2D eigenvalue weighted by atomic mass is 32.2. The third-order valence-corrected chi connectivity index (χ3v) is 8.47. The molecule has 38 heavy (non-hydrogen) atoms. The van der Waals surface area contributed by atoms with Gasteiger partial charge in [0.1, 0.15) is 11.9 Å². The van der Waals surface area contributed by atoms with Crippen LogP contribution in [0.1, 0.15) is 17.9 Å². The van der Waals surface area contributed by atoms with Gasteiger partial charge in [-0.1, -0.05) is 0 Å². The highest BCUT2D eigenvalue weighted by molar-refractivity contribution is 8.00. The number of benzene rings is 2. The van der Waals surface area contributed by atoms with E-state index in [1.165, 1.54) is 23.9 Å². The van der Waals surface area contributed by atoms with Crippen molar-refractivity contribution in [1.29, 1.82) is 0 Å². The van der Waals surface area contributed by atoms with E-state index in [1.807, 2.05) is 17.0 Å². The third-order valence-electron chi connectivity index (χ3n) is 7.40. The van der Waals surface area contributed by atoms with Crippen LogP contribution in [-0.4, -0.2) is 71.2 Å². The van der Waals surface area contributed by atoms with Crippen LogP contribution in [0.5, 0.6) is 0 Å². The van der Waals surface area contributed by atoms with Crippen molar-refractivity contribution in [3.05, 3.63) is 64.2 Å². The molecule has 0 saturated carbocycles. The lowest BCUT2D eigenvalue weighted by atomic mass is 9.96. The zero-order valence-corrected chi connectivity index (χ0v) is 21.4. The van der Waals surface area contributed by atoms with Gasteiger partial charge in [0.15, 0.2) is 0 Å². The molecule has 3 aromatic rings. The summed E-state index contributed by atoms with van der Waals surface area (Å²) in [4.78, 5) is 41.4. The number of aliphatic hydroxyl groups is 1. The van der Waals surface area contributed by atoms with Crippen molar-refractivity contribution in [3.8, 4) is 0 Å². The molecule has 1 saturated heterocycles. The summed E-state index contributed by atoms with van der Waals surface area (Å²) in [5.41, 5.74) is 2.42. The SMILES string of the molecule is O=C1CSc2ccc(N3C[C@@H](CN(CCO)CC[C@@H]4Cn5c(=O)ccc6ccc(F)c4c65)OC3=O)cc2N1. The van der Waals surface area contributed by atoms with Crippen molar-refractivity contribution >= 4 is 46.0 Å². The molecule has 0 radical (unpaired) electrons. The Hall–Kier alpha value is -3.41. The van der Waals surface area contributed by atoms with E-state index in [9.17, 15) is 23.9 Å². The molecule has 2 amide bonds. The first-order valence-electron chi connectivity index (χ1n) is 12.6. The number of nitrogens with one attached hydrogen (secondary N) is 1. The first-order chi connectivity index (χ1) is 18.4. The van der Waals surface area contributed by atoms with Gasteiger partial charge in [-0.15, -0.1) is 11.8 Å². The number of ether oxygens (including phenoxy) is 1. The molecule has 198 valence electrons. The number of pyridine rings is 1. The zero-order valence-electron chi connectivity index (χ0n) is 20.6. The van der Waals surface area contributed by atoms with Gasteiger partial charge in [0.25, 0.3) is 5.56 Å². The maximum Gasteiger partial charge on any atom is 0.414 e. The molecule has 0 bridgehead atoms. The lowest BCUT2D eigenvalue weighted by Crippen LogP contribution is -2.38. The number of hydrogen-bond acceptors (Lipinski definition) is 7. The van der Waals surface area contributed by atoms with Crippen molar-refractivity contribution in [3.63, 3.8) is 0 Å². The second-order valence-corrected chi connectivity index (χ2v) is 10.8. The van der Waals surface area contributed by atoms with Crippen molar-refractivity contribution < 1.29 is 23.8 Å². The molecule has 3 aliphatic heterocycles. The number of fused-ring (bicyclic) bond motifs is 1. The number of thioether (sulfide) groups is 1. The average Bonchev–Trinajstić information content (AvgIpc) is 3.47. The van der Waals surface area contributed by atoms with Crippen LogP contribution in [0.2, 0.25) is 0 Å². The molecule has 0 unspecified atom stereocenters. The molecular weight excluding hydrogens is 511 g/mol. The minimum absolute atomic E-state index is 0.0686. The normalized spacial score (nSPS) is 20.2. The van der Waals surface area contributed by atoms with Crippen LogP contribution in [0.4, 0.5) is 20.6 Å². The summed E-state index contributed by atoms with van der Waals surface area (Å²) in [6, 6.07) is 11.9. The van der Waals surface area contributed by atoms with Gasteiger partial charge in [0.05, 0.1) is 30.1 Å². The third kappa shape index (κ3) is 4.55. The van der Waals surface area contributed by atoms with Crippen molar-refractivity contribution in [2.24, 2.45) is 0 Å². The van der Waals surface area contributed by atoms with Crippen LogP contribution in [0, 0.1) is 5.82 Å². The monoisotopic (exact) mass is 538 g/mol. The van der Waals surface area contributed by atoms with E-state index in [0.29, 0.717) is 67.4 Å². The van der Waals surface area contributed by atoms with Gasteiger partial charge in [-0.25, -0.2) is 9.18 Å². The van der Waals surface area contributed by atoms with Gasteiger partial charge in [-0.05, 0) is 54.8 Å². The highest BCUT2D eigenvalue weighted by Crippen LogP contribution is 2.37. The van der Waals surface area contributed by atoms with E-state index in [4.69, 9.17) is 4.74 Å². The Morgan fingerprint density at radius 1 is 1.11 bits per heavy atom. The number of amides is 2. The molecular formula is C27H27FN4O5S. The summed E-state index contributed by atoms with van der Waals surface area (Å²) >= 11 is 1.46. The molecule has 2 aromatic carbocycles. The maximum absolute atomic E-state index is 14.9. The van der Waals surface area contributed by atoms with Crippen LogP contribution in [-0.2, 0) is 16.1 Å². The topological polar surface area (TPSA) is 104 Å². The first kappa shape index (κ1) is 24.9. The van der Waals surface area contributed by atoms with Gasteiger partial charge >= 0.3 is 6.09 Å². The van der Waals surface area contributed by atoms with Crippen LogP contribution < -0.4 is 15.8 Å². The standard InChI is InChI=1S/C27H27FN4O5S/c28-20-4-1-16-2-6-24(35)32-12-17(25(20)26(16)32)7-8-30(9-10-33)13-19-14-31(27(36)37-19)18-3-5-22-21(11-18)29-23(34)15-38-22/h1-6,11,17,19,33H,7-10,12-15H2,(H,29,34)/t17-,19-/m1/s1. The number of rotatable bonds is 8. The summed E-state index contributed by atoms with van der Waals surface area (Å²) in [5.74, 6) is -0.187. The van der Waals surface area contributed by atoms with Gasteiger partial charge in [0.2, 0.25) is 5.91 Å². The summed E-state index contributed by atoms with van der Waals surface area (Å²) in [6.45, 7) is 2.01. The second-order valence-electron chi connectivity index (χ2n) is 9.82. The van der Waals surface area contributed by atoms with E-state index in [1.54, 1.807) is 27.7 Å². The van der Waals surface area contributed by atoms with E-state index >= 15 is 0 Å². The Balaban J connectivity index is 1.13. The molecule has 0 spiro atoms. The lowest BCUT2D eigenvalue weighted by Gasteiger charge is -2.25. The van der Waals surface area contributed by atoms with E-state index in [-0.39, 0.29) is 29.8 Å². The zero-order chi connectivity index (χ0) is 26.4. The van der Waals surface area contributed by atoms with Gasteiger partial charge in [-0.2, -0.15) is 0 Å². The predicted molar refractivity (Wildman–Crippen MR) is 142 cm³/mol. The summed E-state index contributed by atoms with van der Waals surface area (Å²) < 4.78 is 22.1. The fourth-order valence-corrected chi connectivity index (χ4v) is 6.43. The molecule has 9 nitrogen and oxygen atoms in total. The number of halogens is 1. The second kappa shape index (κ2) is 10.0. The van der Waals surface area contributed by atoms with E-state index < -0.39 is 12.2 Å². The minimum Gasteiger partial charge on any atom is -0.443 e. The largest absolute Gasteiger partial charge is 0.443 e. The van der Waals surface area contributed by atoms with Crippen LogP contribution in [0.25, 0.3) is 10.9 Å². The molecule has 2 atom stereocenters. The minimum atomic E-state index is -0.465. The van der Waals surface area contributed by atoms with Crippen molar-refractivity contribution in [1.82, 2.24) is 9.47 Å². The van der Waals surface area contributed by atoms with Gasteiger partial charge < -0.3 is 19.7 Å².